The van der Waals surface area contributed by atoms with Gasteiger partial charge >= 0.3 is 0 Å². The van der Waals surface area contributed by atoms with Gasteiger partial charge in [-0.05, 0) is 26.5 Å². The number of rotatable bonds is 7. The lowest BCUT2D eigenvalue weighted by Crippen LogP contribution is -2.44. The highest BCUT2D eigenvalue weighted by molar-refractivity contribution is 14.0. The zero-order valence-electron chi connectivity index (χ0n) is 14.7. The SMILES string of the molecule is CN=C(NCCC(=O)NC1CCS(=O)(=O)C1)NCC(C)(C)SC.I. The third-order valence-corrected chi connectivity index (χ3v) is 6.72. The molecule has 7 nitrogen and oxygen atoms in total. The fourth-order valence-corrected chi connectivity index (χ4v) is 3.98. The van der Waals surface area contributed by atoms with E-state index in [0.29, 0.717) is 18.9 Å². The Balaban J connectivity index is 0.00000529. The van der Waals surface area contributed by atoms with Crippen LogP contribution in [0.4, 0.5) is 0 Å². The lowest BCUT2D eigenvalue weighted by molar-refractivity contribution is -0.121. The Morgan fingerprint density at radius 1 is 1.33 bits per heavy atom. The van der Waals surface area contributed by atoms with Crippen molar-refractivity contribution >= 4 is 57.4 Å². The average Bonchev–Trinajstić information content (AvgIpc) is 2.81. The third kappa shape index (κ3) is 9.30. The first-order valence-corrected chi connectivity index (χ1v) is 10.7. The van der Waals surface area contributed by atoms with E-state index in [1.54, 1.807) is 18.8 Å². The largest absolute Gasteiger partial charge is 0.356 e. The molecule has 1 saturated heterocycles. The van der Waals surface area contributed by atoms with Gasteiger partial charge in [0.1, 0.15) is 0 Å². The summed E-state index contributed by atoms with van der Waals surface area (Å²) >= 11 is 1.77. The summed E-state index contributed by atoms with van der Waals surface area (Å²) < 4.78 is 22.8. The number of carbonyl (C=O) groups is 1. The minimum Gasteiger partial charge on any atom is -0.356 e. The zero-order valence-corrected chi connectivity index (χ0v) is 18.7. The summed E-state index contributed by atoms with van der Waals surface area (Å²) in [5.41, 5.74) is 0. The van der Waals surface area contributed by atoms with Crippen LogP contribution in [0.1, 0.15) is 26.7 Å². The van der Waals surface area contributed by atoms with E-state index in [2.05, 4.69) is 41.0 Å². The number of carbonyl (C=O) groups excluding carboxylic acids is 1. The molecule has 3 N–H and O–H groups in total. The molecule has 0 aromatic rings. The quantitative estimate of drug-likeness (QED) is 0.274. The molecular weight excluding hydrogens is 463 g/mol. The van der Waals surface area contributed by atoms with E-state index in [1.165, 1.54) is 0 Å². The van der Waals surface area contributed by atoms with Gasteiger partial charge in [0.15, 0.2) is 15.8 Å². The minimum atomic E-state index is -2.96. The predicted molar refractivity (Wildman–Crippen MR) is 112 cm³/mol. The fraction of sp³-hybridized carbons (Fsp3) is 0.857. The Bertz CT molecular complexity index is 538. The normalized spacial score (nSPS) is 20.2. The van der Waals surface area contributed by atoms with Crippen LogP contribution in [0.15, 0.2) is 4.99 Å². The van der Waals surface area contributed by atoms with E-state index < -0.39 is 9.84 Å². The van der Waals surface area contributed by atoms with Gasteiger partial charge in [0.2, 0.25) is 5.91 Å². The minimum absolute atomic E-state index is 0. The van der Waals surface area contributed by atoms with E-state index >= 15 is 0 Å². The fourth-order valence-electron chi connectivity index (χ4n) is 2.09. The van der Waals surface area contributed by atoms with Crippen LogP contribution in [0.3, 0.4) is 0 Å². The summed E-state index contributed by atoms with van der Waals surface area (Å²) in [6.07, 6.45) is 2.85. The van der Waals surface area contributed by atoms with Gasteiger partial charge in [0.25, 0.3) is 0 Å². The van der Waals surface area contributed by atoms with Gasteiger partial charge in [-0.2, -0.15) is 11.8 Å². The van der Waals surface area contributed by atoms with Crippen molar-refractivity contribution in [2.75, 3.05) is 37.9 Å². The monoisotopic (exact) mass is 492 g/mol. The molecule has 24 heavy (non-hydrogen) atoms. The van der Waals surface area contributed by atoms with Gasteiger partial charge in [-0.1, -0.05) is 0 Å². The smallest absolute Gasteiger partial charge is 0.222 e. The summed E-state index contributed by atoms with van der Waals surface area (Å²) in [4.78, 5) is 16.0. The van der Waals surface area contributed by atoms with E-state index in [-0.39, 0.29) is 58.6 Å². The molecule has 0 aromatic carbocycles. The molecule has 1 heterocycles. The van der Waals surface area contributed by atoms with Gasteiger partial charge in [-0.3, -0.25) is 9.79 Å². The molecular formula is C14H29IN4O3S2. The van der Waals surface area contributed by atoms with Crippen molar-refractivity contribution in [3.63, 3.8) is 0 Å². The average molecular weight is 492 g/mol. The van der Waals surface area contributed by atoms with Crippen molar-refractivity contribution in [3.05, 3.63) is 0 Å². The molecule has 1 aliphatic rings. The Labute approximate surface area is 166 Å². The number of aliphatic imine (C=N–C) groups is 1. The highest BCUT2D eigenvalue weighted by atomic mass is 127. The van der Waals surface area contributed by atoms with Gasteiger partial charge in [0, 0.05) is 37.3 Å². The van der Waals surface area contributed by atoms with E-state index in [0.717, 1.165) is 6.54 Å². The van der Waals surface area contributed by atoms with Gasteiger partial charge in [0.05, 0.1) is 11.5 Å². The van der Waals surface area contributed by atoms with Crippen molar-refractivity contribution < 1.29 is 13.2 Å². The topological polar surface area (TPSA) is 99.7 Å². The van der Waals surface area contributed by atoms with Crippen molar-refractivity contribution in [2.24, 2.45) is 4.99 Å². The predicted octanol–water partition coefficient (Wildman–Crippen LogP) is 0.604. The van der Waals surface area contributed by atoms with Crippen molar-refractivity contribution in [3.8, 4) is 0 Å². The molecule has 1 atom stereocenters. The molecule has 0 bridgehead atoms. The molecule has 142 valence electrons. The molecule has 1 amide bonds. The first-order chi connectivity index (χ1) is 10.7. The number of guanidine groups is 1. The number of amides is 1. The second kappa shape index (κ2) is 10.7. The molecule has 0 spiro atoms. The Morgan fingerprint density at radius 2 is 2.00 bits per heavy atom. The van der Waals surface area contributed by atoms with Gasteiger partial charge in [-0.25, -0.2) is 8.42 Å². The standard InChI is InChI=1S/C14H28N4O3S2.HI/c1-14(2,22-4)10-17-13(15-3)16-7-5-12(19)18-11-6-8-23(20,21)9-11;/h11H,5-10H2,1-4H3,(H,18,19)(H2,15,16,17);1H. The number of nitrogens with zero attached hydrogens (tertiary/aromatic N) is 1. The van der Waals surface area contributed by atoms with Crippen LogP contribution in [0.25, 0.3) is 0 Å². The Morgan fingerprint density at radius 3 is 2.50 bits per heavy atom. The van der Waals surface area contributed by atoms with Crippen LogP contribution in [-0.2, 0) is 14.6 Å². The molecule has 1 fully saturated rings. The lowest BCUT2D eigenvalue weighted by Gasteiger charge is -2.23. The number of halogens is 1. The van der Waals surface area contributed by atoms with Gasteiger partial charge < -0.3 is 16.0 Å². The first-order valence-electron chi connectivity index (χ1n) is 7.67. The first kappa shape index (κ1) is 23.8. The summed E-state index contributed by atoms with van der Waals surface area (Å²) in [6, 6.07) is -0.243. The summed E-state index contributed by atoms with van der Waals surface area (Å²) in [6.45, 7) is 5.49. The van der Waals surface area contributed by atoms with Crippen molar-refractivity contribution in [1.29, 1.82) is 0 Å². The number of thioether (sulfide) groups is 1. The van der Waals surface area contributed by atoms with E-state index in [4.69, 9.17) is 0 Å². The molecule has 0 aliphatic carbocycles. The zero-order chi connectivity index (χ0) is 17.5. The third-order valence-electron chi connectivity index (χ3n) is 3.70. The lowest BCUT2D eigenvalue weighted by atomic mass is 10.2. The summed E-state index contributed by atoms with van der Waals surface area (Å²) in [5.74, 6) is 0.736. The highest BCUT2D eigenvalue weighted by Crippen LogP contribution is 2.19. The summed E-state index contributed by atoms with van der Waals surface area (Å²) in [5, 5.41) is 9.08. The van der Waals surface area contributed by atoms with E-state index in [9.17, 15) is 13.2 Å². The van der Waals surface area contributed by atoms with Crippen LogP contribution in [0.5, 0.6) is 0 Å². The summed E-state index contributed by atoms with van der Waals surface area (Å²) in [7, 11) is -1.28. The molecule has 1 aliphatic heterocycles. The maximum atomic E-state index is 11.8. The molecule has 1 unspecified atom stereocenters. The highest BCUT2D eigenvalue weighted by Gasteiger charge is 2.28. The number of hydrogen-bond acceptors (Lipinski definition) is 5. The Kier molecular flexibility index (Phi) is 10.6. The second-order valence-electron chi connectivity index (χ2n) is 6.23. The number of nitrogens with one attached hydrogen (secondary N) is 3. The second-order valence-corrected chi connectivity index (χ2v) is 9.98. The van der Waals surface area contributed by atoms with Crippen molar-refractivity contribution in [1.82, 2.24) is 16.0 Å². The van der Waals surface area contributed by atoms with Crippen LogP contribution in [-0.4, -0.2) is 69.0 Å². The van der Waals surface area contributed by atoms with Crippen LogP contribution >= 0.6 is 35.7 Å². The van der Waals surface area contributed by atoms with Gasteiger partial charge in [-0.15, -0.1) is 24.0 Å². The number of sulfone groups is 1. The molecule has 1 rings (SSSR count). The van der Waals surface area contributed by atoms with E-state index in [1.807, 2.05) is 0 Å². The number of hydrogen-bond donors (Lipinski definition) is 3. The van der Waals surface area contributed by atoms with Crippen LogP contribution in [0.2, 0.25) is 0 Å². The Hall–Kier alpha value is -0.230. The van der Waals surface area contributed by atoms with Crippen LogP contribution in [0, 0.1) is 0 Å². The maximum absolute atomic E-state index is 11.8. The van der Waals surface area contributed by atoms with Crippen LogP contribution < -0.4 is 16.0 Å². The molecule has 0 radical (unpaired) electrons. The molecule has 0 aromatic heterocycles. The van der Waals surface area contributed by atoms with Crippen molar-refractivity contribution in [2.45, 2.75) is 37.5 Å². The maximum Gasteiger partial charge on any atom is 0.222 e. The molecule has 10 heteroatoms. The molecule has 0 saturated carbocycles.